The summed E-state index contributed by atoms with van der Waals surface area (Å²) >= 11 is 0. The van der Waals surface area contributed by atoms with Crippen molar-refractivity contribution >= 4 is 5.91 Å². The van der Waals surface area contributed by atoms with E-state index in [1.165, 1.54) is 12.8 Å². The molecule has 0 radical (unpaired) electrons. The van der Waals surface area contributed by atoms with Gasteiger partial charge in [-0.3, -0.25) is 4.79 Å². The van der Waals surface area contributed by atoms with Gasteiger partial charge >= 0.3 is 0 Å². The lowest BCUT2D eigenvalue weighted by atomic mass is 9.87. The zero-order chi connectivity index (χ0) is 12.5. The molecule has 0 spiro atoms. The summed E-state index contributed by atoms with van der Waals surface area (Å²) in [6.07, 6.45) is 7.43. The van der Waals surface area contributed by atoms with Gasteiger partial charge in [0.15, 0.2) is 0 Å². The van der Waals surface area contributed by atoms with Gasteiger partial charge in [0.05, 0.1) is 12.0 Å². The van der Waals surface area contributed by atoms with E-state index >= 15 is 0 Å². The van der Waals surface area contributed by atoms with E-state index in [0.29, 0.717) is 12.5 Å². The fourth-order valence-corrected chi connectivity index (χ4v) is 3.35. The second-order valence-corrected chi connectivity index (χ2v) is 6.61. The number of hydrogen-bond acceptors (Lipinski definition) is 2. The molecule has 1 atom stereocenters. The third kappa shape index (κ3) is 3.01. The minimum atomic E-state index is -0.715. The second-order valence-electron chi connectivity index (χ2n) is 6.61. The molecule has 0 heterocycles. The van der Waals surface area contributed by atoms with Gasteiger partial charge in [-0.2, -0.15) is 0 Å². The molecule has 0 saturated heterocycles. The van der Waals surface area contributed by atoms with E-state index in [2.05, 4.69) is 19.2 Å². The molecule has 2 N–H and O–H groups in total. The lowest BCUT2D eigenvalue weighted by Crippen LogP contribution is -2.44. The van der Waals surface area contributed by atoms with Crippen LogP contribution < -0.4 is 5.32 Å². The Morgan fingerprint density at radius 2 is 1.88 bits per heavy atom. The highest BCUT2D eigenvalue weighted by Gasteiger charge is 2.38. The molecular weight excluding hydrogens is 214 g/mol. The monoisotopic (exact) mass is 239 g/mol. The zero-order valence-electron chi connectivity index (χ0n) is 11.1. The van der Waals surface area contributed by atoms with Crippen molar-refractivity contribution in [3.63, 3.8) is 0 Å². The first-order valence-corrected chi connectivity index (χ1v) is 6.93. The number of amides is 1. The molecular formula is C14H25NO2. The molecule has 3 nitrogen and oxygen atoms in total. The van der Waals surface area contributed by atoms with Crippen molar-refractivity contribution in [3.05, 3.63) is 0 Å². The normalized spacial score (nSPS) is 30.4. The summed E-state index contributed by atoms with van der Waals surface area (Å²) in [5.41, 5.74) is -0.499. The van der Waals surface area contributed by atoms with Crippen molar-refractivity contribution in [2.45, 2.75) is 76.9 Å². The van der Waals surface area contributed by atoms with Crippen molar-refractivity contribution < 1.29 is 9.90 Å². The summed E-state index contributed by atoms with van der Waals surface area (Å²) in [6.45, 7) is 4.43. The largest absolute Gasteiger partial charge is 0.389 e. The van der Waals surface area contributed by atoms with E-state index in [4.69, 9.17) is 0 Å². The minimum Gasteiger partial charge on any atom is -0.389 e. The first kappa shape index (κ1) is 12.9. The van der Waals surface area contributed by atoms with E-state index in [-0.39, 0.29) is 11.3 Å². The molecule has 1 unspecified atom stereocenters. The number of hydrogen-bond donors (Lipinski definition) is 2. The van der Waals surface area contributed by atoms with Crippen molar-refractivity contribution in [2.75, 3.05) is 0 Å². The minimum absolute atomic E-state index is 0.0365. The molecule has 0 bridgehead atoms. The van der Waals surface area contributed by atoms with E-state index in [1.54, 1.807) is 0 Å². The number of rotatable bonds is 3. The molecule has 98 valence electrons. The SMILES string of the molecule is CC1(C)CCCC1NC(=O)CC1(O)CCCC1. The Labute approximate surface area is 104 Å². The van der Waals surface area contributed by atoms with Gasteiger partial charge in [-0.1, -0.05) is 33.1 Å². The molecule has 0 aromatic heterocycles. The van der Waals surface area contributed by atoms with Crippen LogP contribution in [0.15, 0.2) is 0 Å². The van der Waals surface area contributed by atoms with Gasteiger partial charge < -0.3 is 10.4 Å². The van der Waals surface area contributed by atoms with Crippen molar-refractivity contribution in [2.24, 2.45) is 5.41 Å². The van der Waals surface area contributed by atoms with Crippen LogP contribution in [0.4, 0.5) is 0 Å². The van der Waals surface area contributed by atoms with Crippen molar-refractivity contribution in [1.82, 2.24) is 5.32 Å². The number of aliphatic hydroxyl groups is 1. The average Bonchev–Trinajstić information content (AvgIpc) is 2.74. The zero-order valence-corrected chi connectivity index (χ0v) is 11.1. The molecule has 2 fully saturated rings. The Balaban J connectivity index is 1.85. The summed E-state index contributed by atoms with van der Waals surface area (Å²) in [5, 5.41) is 13.3. The van der Waals surface area contributed by atoms with Crippen LogP contribution >= 0.6 is 0 Å². The Morgan fingerprint density at radius 3 is 2.41 bits per heavy atom. The lowest BCUT2D eigenvalue weighted by Gasteiger charge is -2.29. The van der Waals surface area contributed by atoms with Gasteiger partial charge in [0, 0.05) is 6.04 Å². The average molecular weight is 239 g/mol. The lowest BCUT2D eigenvalue weighted by molar-refractivity contribution is -0.127. The van der Waals surface area contributed by atoms with E-state index in [1.807, 2.05) is 0 Å². The Morgan fingerprint density at radius 1 is 1.24 bits per heavy atom. The Kier molecular flexibility index (Phi) is 3.48. The van der Waals surface area contributed by atoms with E-state index in [9.17, 15) is 9.90 Å². The molecule has 3 heteroatoms. The maximum atomic E-state index is 12.0. The third-order valence-electron chi connectivity index (χ3n) is 4.62. The van der Waals surface area contributed by atoms with Crippen LogP contribution in [0.2, 0.25) is 0 Å². The smallest absolute Gasteiger partial charge is 0.223 e. The highest BCUT2D eigenvalue weighted by Crippen LogP contribution is 2.38. The fraction of sp³-hybridized carbons (Fsp3) is 0.929. The van der Waals surface area contributed by atoms with Crippen LogP contribution in [0.3, 0.4) is 0 Å². The van der Waals surface area contributed by atoms with Gasteiger partial charge in [-0.15, -0.1) is 0 Å². The van der Waals surface area contributed by atoms with Gasteiger partial charge in [0.2, 0.25) is 5.91 Å². The topological polar surface area (TPSA) is 49.3 Å². The van der Waals surface area contributed by atoms with Crippen LogP contribution in [-0.2, 0) is 4.79 Å². The predicted octanol–water partition coefficient (Wildman–Crippen LogP) is 2.38. The maximum absolute atomic E-state index is 12.0. The van der Waals surface area contributed by atoms with Crippen LogP contribution in [0, 0.1) is 5.41 Å². The molecule has 0 aromatic carbocycles. The first-order chi connectivity index (χ1) is 7.91. The quantitative estimate of drug-likeness (QED) is 0.794. The Hall–Kier alpha value is -0.570. The van der Waals surface area contributed by atoms with Crippen molar-refractivity contribution in [1.29, 1.82) is 0 Å². The summed E-state index contributed by atoms with van der Waals surface area (Å²) in [4.78, 5) is 12.0. The molecule has 0 aliphatic heterocycles. The number of carbonyl (C=O) groups is 1. The standard InChI is InChI=1S/C14H25NO2/c1-13(2)7-5-6-11(13)15-12(16)10-14(17)8-3-4-9-14/h11,17H,3-10H2,1-2H3,(H,15,16). The molecule has 2 saturated carbocycles. The summed E-state index contributed by atoms with van der Waals surface area (Å²) in [6, 6.07) is 0.292. The maximum Gasteiger partial charge on any atom is 0.223 e. The number of carbonyl (C=O) groups excluding carboxylic acids is 1. The van der Waals surface area contributed by atoms with E-state index < -0.39 is 5.60 Å². The van der Waals surface area contributed by atoms with Crippen molar-refractivity contribution in [3.8, 4) is 0 Å². The highest BCUT2D eigenvalue weighted by molar-refractivity contribution is 5.77. The summed E-state index contributed by atoms with van der Waals surface area (Å²) < 4.78 is 0. The second kappa shape index (κ2) is 4.60. The van der Waals surface area contributed by atoms with Crippen LogP contribution in [0.1, 0.15) is 65.2 Å². The highest BCUT2D eigenvalue weighted by atomic mass is 16.3. The van der Waals surface area contributed by atoms with Crippen LogP contribution in [-0.4, -0.2) is 22.7 Å². The van der Waals surface area contributed by atoms with E-state index in [0.717, 1.165) is 32.1 Å². The van der Waals surface area contributed by atoms with Gasteiger partial charge in [0.25, 0.3) is 0 Å². The molecule has 2 rings (SSSR count). The van der Waals surface area contributed by atoms with Gasteiger partial charge in [-0.25, -0.2) is 0 Å². The molecule has 2 aliphatic rings. The van der Waals surface area contributed by atoms with Crippen LogP contribution in [0.25, 0.3) is 0 Å². The molecule has 2 aliphatic carbocycles. The Bertz CT molecular complexity index is 293. The third-order valence-corrected chi connectivity index (χ3v) is 4.62. The summed E-state index contributed by atoms with van der Waals surface area (Å²) in [5.74, 6) is 0.0365. The predicted molar refractivity (Wildman–Crippen MR) is 67.6 cm³/mol. The molecule has 0 aromatic rings. The van der Waals surface area contributed by atoms with Gasteiger partial charge in [-0.05, 0) is 31.1 Å². The first-order valence-electron chi connectivity index (χ1n) is 6.93. The van der Waals surface area contributed by atoms with Gasteiger partial charge in [0.1, 0.15) is 0 Å². The van der Waals surface area contributed by atoms with Crippen LogP contribution in [0.5, 0.6) is 0 Å². The fourth-order valence-electron chi connectivity index (χ4n) is 3.35. The molecule has 1 amide bonds. The molecule has 17 heavy (non-hydrogen) atoms. The summed E-state index contributed by atoms with van der Waals surface area (Å²) in [7, 11) is 0. The number of nitrogens with one attached hydrogen (secondary N) is 1.